The molecule has 0 saturated heterocycles. The van der Waals surface area contributed by atoms with Crippen molar-refractivity contribution in [1.82, 2.24) is 0 Å². The van der Waals surface area contributed by atoms with Crippen molar-refractivity contribution in [2.24, 2.45) is 0 Å². The van der Waals surface area contributed by atoms with Crippen molar-refractivity contribution in [3.05, 3.63) is 24.3 Å². The van der Waals surface area contributed by atoms with E-state index in [4.69, 9.17) is 0 Å². The molecule has 1 atom stereocenters. The van der Waals surface area contributed by atoms with Crippen LogP contribution in [0.1, 0.15) is 44.9 Å². The quantitative estimate of drug-likeness (QED) is 0.644. The second-order valence-electron chi connectivity index (χ2n) is 3.83. The SMILES string of the molecule is C=CCCC(O)CC1=CCCCC1. The Morgan fingerprint density at radius 1 is 1.54 bits per heavy atom. The number of hydrogen-bond donors (Lipinski definition) is 1. The summed E-state index contributed by atoms with van der Waals surface area (Å²) in [4.78, 5) is 0. The highest BCUT2D eigenvalue weighted by Gasteiger charge is 2.08. The maximum Gasteiger partial charge on any atom is 0.0580 e. The number of allylic oxidation sites excluding steroid dienone is 2. The van der Waals surface area contributed by atoms with E-state index in [0.717, 1.165) is 19.3 Å². The Labute approximate surface area is 81.2 Å². The van der Waals surface area contributed by atoms with Crippen LogP contribution >= 0.6 is 0 Å². The maximum absolute atomic E-state index is 9.64. The normalized spacial score (nSPS) is 19.3. The van der Waals surface area contributed by atoms with Gasteiger partial charge in [0.1, 0.15) is 0 Å². The van der Waals surface area contributed by atoms with Crippen molar-refractivity contribution in [1.29, 1.82) is 0 Å². The average Bonchev–Trinajstić information content (AvgIpc) is 2.16. The first-order valence-corrected chi connectivity index (χ1v) is 5.30. The summed E-state index contributed by atoms with van der Waals surface area (Å²) in [7, 11) is 0. The van der Waals surface area contributed by atoms with Crippen molar-refractivity contribution in [3.8, 4) is 0 Å². The van der Waals surface area contributed by atoms with Crippen molar-refractivity contribution in [2.45, 2.75) is 51.0 Å². The molecule has 1 aliphatic rings. The minimum atomic E-state index is -0.151. The Hall–Kier alpha value is -0.560. The third-order valence-electron chi connectivity index (χ3n) is 2.59. The Kier molecular flexibility index (Phi) is 4.84. The summed E-state index contributed by atoms with van der Waals surface area (Å²) in [6, 6.07) is 0. The molecule has 0 aromatic carbocycles. The fraction of sp³-hybridized carbons (Fsp3) is 0.667. The van der Waals surface area contributed by atoms with Gasteiger partial charge in [0.05, 0.1) is 6.10 Å². The first kappa shape index (κ1) is 10.5. The van der Waals surface area contributed by atoms with Gasteiger partial charge in [0.2, 0.25) is 0 Å². The van der Waals surface area contributed by atoms with Gasteiger partial charge < -0.3 is 5.11 Å². The van der Waals surface area contributed by atoms with Crippen LogP contribution in [0.2, 0.25) is 0 Å². The van der Waals surface area contributed by atoms with Crippen LogP contribution in [0.3, 0.4) is 0 Å². The molecule has 0 amide bonds. The summed E-state index contributed by atoms with van der Waals surface area (Å²) < 4.78 is 0. The van der Waals surface area contributed by atoms with Crippen LogP contribution in [0.15, 0.2) is 24.3 Å². The van der Waals surface area contributed by atoms with Crippen LogP contribution in [0.4, 0.5) is 0 Å². The largest absolute Gasteiger partial charge is 0.393 e. The van der Waals surface area contributed by atoms with Crippen LogP contribution in [0.25, 0.3) is 0 Å². The zero-order valence-electron chi connectivity index (χ0n) is 8.34. The lowest BCUT2D eigenvalue weighted by atomic mass is 9.94. The van der Waals surface area contributed by atoms with Crippen molar-refractivity contribution in [3.63, 3.8) is 0 Å². The van der Waals surface area contributed by atoms with Gasteiger partial charge in [0.15, 0.2) is 0 Å². The summed E-state index contributed by atoms with van der Waals surface area (Å²) in [6.45, 7) is 3.65. The first-order chi connectivity index (χ1) is 6.33. The van der Waals surface area contributed by atoms with E-state index in [0.29, 0.717) is 0 Å². The number of aliphatic hydroxyl groups excluding tert-OH is 1. The third kappa shape index (κ3) is 4.28. The van der Waals surface area contributed by atoms with Gasteiger partial charge in [-0.25, -0.2) is 0 Å². The van der Waals surface area contributed by atoms with E-state index in [1.807, 2.05) is 6.08 Å². The number of rotatable bonds is 5. The monoisotopic (exact) mass is 180 g/mol. The molecule has 0 aromatic heterocycles. The van der Waals surface area contributed by atoms with Gasteiger partial charge in [-0.2, -0.15) is 0 Å². The van der Waals surface area contributed by atoms with Crippen LogP contribution in [0.5, 0.6) is 0 Å². The topological polar surface area (TPSA) is 20.2 Å². The van der Waals surface area contributed by atoms with Gasteiger partial charge >= 0.3 is 0 Å². The number of aliphatic hydroxyl groups is 1. The summed E-state index contributed by atoms with van der Waals surface area (Å²) in [5.41, 5.74) is 1.46. The molecule has 0 bridgehead atoms. The molecule has 0 heterocycles. The fourth-order valence-corrected chi connectivity index (χ4v) is 1.80. The van der Waals surface area contributed by atoms with Crippen molar-refractivity contribution in [2.75, 3.05) is 0 Å². The highest BCUT2D eigenvalue weighted by molar-refractivity contribution is 5.06. The Bertz CT molecular complexity index is 182. The molecule has 0 aliphatic heterocycles. The predicted octanol–water partition coefficient (Wildman–Crippen LogP) is 3.20. The van der Waals surface area contributed by atoms with E-state index in [9.17, 15) is 5.11 Å². The predicted molar refractivity (Wildman–Crippen MR) is 56.6 cm³/mol. The van der Waals surface area contributed by atoms with Crippen molar-refractivity contribution < 1.29 is 5.11 Å². The highest BCUT2D eigenvalue weighted by atomic mass is 16.3. The molecule has 0 fully saturated rings. The lowest BCUT2D eigenvalue weighted by molar-refractivity contribution is 0.164. The number of hydrogen-bond acceptors (Lipinski definition) is 1. The molecule has 0 saturated carbocycles. The minimum absolute atomic E-state index is 0.151. The average molecular weight is 180 g/mol. The zero-order valence-corrected chi connectivity index (χ0v) is 8.34. The molecule has 0 spiro atoms. The third-order valence-corrected chi connectivity index (χ3v) is 2.59. The summed E-state index contributed by atoms with van der Waals surface area (Å²) in [5.74, 6) is 0. The maximum atomic E-state index is 9.64. The van der Waals surface area contributed by atoms with Gasteiger partial charge in [-0.1, -0.05) is 17.7 Å². The minimum Gasteiger partial charge on any atom is -0.393 e. The fourth-order valence-electron chi connectivity index (χ4n) is 1.80. The Morgan fingerprint density at radius 3 is 3.00 bits per heavy atom. The molecule has 1 heteroatoms. The van der Waals surface area contributed by atoms with Crippen LogP contribution in [-0.4, -0.2) is 11.2 Å². The van der Waals surface area contributed by atoms with E-state index < -0.39 is 0 Å². The molecule has 1 N–H and O–H groups in total. The van der Waals surface area contributed by atoms with Crippen LogP contribution in [0, 0.1) is 0 Å². The molecule has 13 heavy (non-hydrogen) atoms. The van der Waals surface area contributed by atoms with Crippen molar-refractivity contribution >= 4 is 0 Å². The first-order valence-electron chi connectivity index (χ1n) is 5.30. The van der Waals surface area contributed by atoms with Gasteiger partial charge in [-0.15, -0.1) is 6.58 Å². The lowest BCUT2D eigenvalue weighted by Crippen LogP contribution is -2.08. The summed E-state index contributed by atoms with van der Waals surface area (Å²) in [6.07, 6.45) is 11.7. The van der Waals surface area contributed by atoms with E-state index in [2.05, 4.69) is 12.7 Å². The second kappa shape index (κ2) is 5.98. The van der Waals surface area contributed by atoms with Gasteiger partial charge in [0, 0.05) is 0 Å². The van der Waals surface area contributed by atoms with E-state index in [-0.39, 0.29) is 6.10 Å². The smallest absolute Gasteiger partial charge is 0.0580 e. The molecule has 0 aromatic rings. The molecule has 74 valence electrons. The van der Waals surface area contributed by atoms with Crippen LogP contribution < -0.4 is 0 Å². The Balaban J connectivity index is 2.21. The molecule has 1 rings (SSSR count). The van der Waals surface area contributed by atoms with E-state index in [1.54, 1.807) is 0 Å². The molecule has 0 radical (unpaired) electrons. The lowest BCUT2D eigenvalue weighted by Gasteiger charge is -2.15. The van der Waals surface area contributed by atoms with E-state index >= 15 is 0 Å². The standard InChI is InChI=1S/C12H20O/c1-2-3-9-12(13)10-11-7-5-4-6-8-11/h2,7,12-13H,1,3-6,8-10H2. The summed E-state index contributed by atoms with van der Waals surface area (Å²) >= 11 is 0. The molecular formula is C12H20O. The highest BCUT2D eigenvalue weighted by Crippen LogP contribution is 2.22. The molecular weight excluding hydrogens is 160 g/mol. The van der Waals surface area contributed by atoms with Gasteiger partial charge in [-0.3, -0.25) is 0 Å². The van der Waals surface area contributed by atoms with Gasteiger partial charge in [0.25, 0.3) is 0 Å². The summed E-state index contributed by atoms with van der Waals surface area (Å²) in [5, 5.41) is 9.64. The Morgan fingerprint density at radius 2 is 2.38 bits per heavy atom. The second-order valence-corrected chi connectivity index (χ2v) is 3.83. The molecule has 1 nitrogen and oxygen atoms in total. The van der Waals surface area contributed by atoms with Crippen LogP contribution in [-0.2, 0) is 0 Å². The molecule has 1 unspecified atom stereocenters. The zero-order chi connectivity index (χ0) is 9.52. The van der Waals surface area contributed by atoms with Gasteiger partial charge in [-0.05, 0) is 44.9 Å². The molecule has 1 aliphatic carbocycles. The van der Waals surface area contributed by atoms with E-state index in [1.165, 1.54) is 31.3 Å².